The molecule has 0 amide bonds. The van der Waals surface area contributed by atoms with Crippen molar-refractivity contribution in [2.75, 3.05) is 19.0 Å². The van der Waals surface area contributed by atoms with E-state index in [1.54, 1.807) is 7.11 Å². The third kappa shape index (κ3) is 4.05. The molecule has 2 rings (SSSR count). The first-order valence-corrected chi connectivity index (χ1v) is 7.34. The number of hydrogen-bond acceptors (Lipinski definition) is 3. The maximum atomic E-state index is 6.20. The zero-order valence-corrected chi connectivity index (χ0v) is 13.3. The van der Waals surface area contributed by atoms with Crippen LogP contribution in [0, 0.1) is 0 Å². The van der Waals surface area contributed by atoms with Crippen LogP contribution < -0.4 is 14.8 Å². The van der Waals surface area contributed by atoms with E-state index in [0.29, 0.717) is 17.4 Å². The predicted octanol–water partition coefficient (Wildman–Crippen LogP) is 4.92. The second-order valence-electron chi connectivity index (χ2n) is 4.72. The lowest BCUT2D eigenvalue weighted by atomic mass is 10.1. The van der Waals surface area contributed by atoms with Gasteiger partial charge in [0.1, 0.15) is 11.5 Å². The highest BCUT2D eigenvalue weighted by molar-refractivity contribution is 6.32. The van der Waals surface area contributed by atoms with Gasteiger partial charge in [0.25, 0.3) is 0 Å². The lowest BCUT2D eigenvalue weighted by Crippen LogP contribution is -2.06. The van der Waals surface area contributed by atoms with Crippen LogP contribution >= 0.6 is 11.6 Å². The third-order valence-electron chi connectivity index (χ3n) is 3.23. The average Bonchev–Trinajstić information content (AvgIpc) is 2.50. The predicted molar refractivity (Wildman–Crippen MR) is 87.7 cm³/mol. The van der Waals surface area contributed by atoms with Crippen molar-refractivity contribution in [3.8, 4) is 11.5 Å². The molecule has 2 aromatic rings. The summed E-state index contributed by atoms with van der Waals surface area (Å²) in [7, 11) is 1.67. The summed E-state index contributed by atoms with van der Waals surface area (Å²) in [6, 6.07) is 13.9. The molecule has 1 N–H and O–H groups in total. The van der Waals surface area contributed by atoms with Crippen molar-refractivity contribution < 1.29 is 9.47 Å². The van der Waals surface area contributed by atoms with Crippen molar-refractivity contribution in [3.63, 3.8) is 0 Å². The van der Waals surface area contributed by atoms with Crippen LogP contribution in [0.25, 0.3) is 0 Å². The quantitative estimate of drug-likeness (QED) is 0.821. The van der Waals surface area contributed by atoms with Crippen LogP contribution in [0.2, 0.25) is 5.02 Å². The summed E-state index contributed by atoms with van der Waals surface area (Å²) in [6.45, 7) is 4.65. The van der Waals surface area contributed by atoms with Crippen molar-refractivity contribution in [2.24, 2.45) is 0 Å². The van der Waals surface area contributed by atoms with Crippen LogP contribution in [0.5, 0.6) is 11.5 Å². The fourth-order valence-electron chi connectivity index (χ4n) is 2.09. The molecule has 1 atom stereocenters. The van der Waals surface area contributed by atoms with E-state index in [1.807, 2.05) is 49.4 Å². The Morgan fingerprint density at radius 3 is 2.43 bits per heavy atom. The second kappa shape index (κ2) is 7.23. The fourth-order valence-corrected chi connectivity index (χ4v) is 2.32. The minimum atomic E-state index is 0.171. The lowest BCUT2D eigenvalue weighted by molar-refractivity contribution is 0.340. The van der Waals surface area contributed by atoms with Gasteiger partial charge < -0.3 is 14.8 Å². The number of hydrogen-bond donors (Lipinski definition) is 1. The van der Waals surface area contributed by atoms with Gasteiger partial charge in [0.2, 0.25) is 0 Å². The number of halogens is 1. The molecular weight excluding hydrogens is 286 g/mol. The van der Waals surface area contributed by atoms with Crippen LogP contribution in [0.3, 0.4) is 0 Å². The van der Waals surface area contributed by atoms with Crippen molar-refractivity contribution in [3.05, 3.63) is 53.1 Å². The van der Waals surface area contributed by atoms with Crippen LogP contribution in [0.1, 0.15) is 25.5 Å². The van der Waals surface area contributed by atoms with E-state index in [1.165, 1.54) is 5.56 Å². The standard InChI is InChI=1S/C17H20ClNO2/c1-4-21-17-10-7-14(11-16(17)18)19-12(2)13-5-8-15(20-3)9-6-13/h5-12,19H,4H2,1-3H3. The molecule has 0 saturated carbocycles. The summed E-state index contributed by atoms with van der Waals surface area (Å²) in [5, 5.41) is 4.04. The van der Waals surface area contributed by atoms with E-state index >= 15 is 0 Å². The van der Waals surface area contributed by atoms with Crippen LogP contribution in [-0.2, 0) is 0 Å². The first-order chi connectivity index (χ1) is 10.1. The Morgan fingerprint density at radius 1 is 1.14 bits per heavy atom. The van der Waals surface area contributed by atoms with Crippen LogP contribution in [-0.4, -0.2) is 13.7 Å². The average molecular weight is 306 g/mol. The van der Waals surface area contributed by atoms with E-state index < -0.39 is 0 Å². The van der Waals surface area contributed by atoms with Crippen molar-refractivity contribution in [1.29, 1.82) is 0 Å². The van der Waals surface area contributed by atoms with Crippen molar-refractivity contribution >= 4 is 17.3 Å². The van der Waals surface area contributed by atoms with Crippen molar-refractivity contribution in [2.45, 2.75) is 19.9 Å². The van der Waals surface area contributed by atoms with Gasteiger partial charge in [0, 0.05) is 11.7 Å². The Kier molecular flexibility index (Phi) is 5.34. The molecule has 2 aromatic carbocycles. The zero-order valence-electron chi connectivity index (χ0n) is 12.5. The van der Waals surface area contributed by atoms with Gasteiger partial charge in [-0.15, -0.1) is 0 Å². The van der Waals surface area contributed by atoms with Gasteiger partial charge in [-0.25, -0.2) is 0 Å². The number of nitrogens with one attached hydrogen (secondary N) is 1. The van der Waals surface area contributed by atoms with E-state index in [-0.39, 0.29) is 6.04 Å². The van der Waals surface area contributed by atoms with Gasteiger partial charge in [0.05, 0.1) is 18.7 Å². The number of benzene rings is 2. The van der Waals surface area contributed by atoms with E-state index in [2.05, 4.69) is 12.2 Å². The highest BCUT2D eigenvalue weighted by Gasteiger charge is 2.08. The molecule has 3 nitrogen and oxygen atoms in total. The summed E-state index contributed by atoms with van der Waals surface area (Å²) in [5.41, 5.74) is 2.15. The Hall–Kier alpha value is -1.87. The van der Waals surface area contributed by atoms with Gasteiger partial charge in [-0.05, 0) is 49.7 Å². The topological polar surface area (TPSA) is 30.5 Å². The molecule has 0 bridgehead atoms. The molecule has 0 fully saturated rings. The largest absolute Gasteiger partial charge is 0.497 e. The van der Waals surface area contributed by atoms with Gasteiger partial charge >= 0.3 is 0 Å². The number of rotatable bonds is 6. The minimum absolute atomic E-state index is 0.171. The summed E-state index contributed by atoms with van der Waals surface area (Å²) in [4.78, 5) is 0. The molecule has 0 saturated heterocycles. The Labute approximate surface area is 130 Å². The highest BCUT2D eigenvalue weighted by atomic mass is 35.5. The smallest absolute Gasteiger partial charge is 0.138 e. The van der Waals surface area contributed by atoms with Crippen molar-refractivity contribution in [1.82, 2.24) is 0 Å². The summed E-state index contributed by atoms with van der Waals surface area (Å²) < 4.78 is 10.6. The molecule has 0 heterocycles. The molecule has 0 aliphatic rings. The molecule has 1 unspecified atom stereocenters. The lowest BCUT2D eigenvalue weighted by Gasteiger charge is -2.17. The second-order valence-corrected chi connectivity index (χ2v) is 5.12. The first-order valence-electron chi connectivity index (χ1n) is 6.97. The Bertz CT molecular complexity index is 584. The third-order valence-corrected chi connectivity index (χ3v) is 3.53. The fraction of sp³-hybridized carbons (Fsp3) is 0.294. The normalized spacial score (nSPS) is 11.8. The molecule has 0 aromatic heterocycles. The number of methoxy groups -OCH3 is 1. The molecule has 4 heteroatoms. The first kappa shape index (κ1) is 15.5. The minimum Gasteiger partial charge on any atom is -0.497 e. The maximum absolute atomic E-state index is 6.20. The summed E-state index contributed by atoms with van der Waals surface area (Å²) >= 11 is 6.20. The summed E-state index contributed by atoms with van der Waals surface area (Å²) in [6.07, 6.45) is 0. The summed E-state index contributed by atoms with van der Waals surface area (Å²) in [5.74, 6) is 1.57. The monoisotopic (exact) mass is 305 g/mol. The molecule has 0 radical (unpaired) electrons. The van der Waals surface area contributed by atoms with Crippen LogP contribution in [0.15, 0.2) is 42.5 Å². The van der Waals surface area contributed by atoms with Gasteiger partial charge in [0.15, 0.2) is 0 Å². The Morgan fingerprint density at radius 2 is 1.86 bits per heavy atom. The van der Waals surface area contributed by atoms with Crippen LogP contribution in [0.4, 0.5) is 5.69 Å². The SMILES string of the molecule is CCOc1ccc(NC(C)c2ccc(OC)cc2)cc1Cl. The molecule has 112 valence electrons. The molecular formula is C17H20ClNO2. The number of ether oxygens (including phenoxy) is 2. The van der Waals surface area contributed by atoms with E-state index in [4.69, 9.17) is 21.1 Å². The molecule has 0 spiro atoms. The Balaban J connectivity index is 2.07. The number of anilines is 1. The van der Waals surface area contributed by atoms with Gasteiger partial charge in [-0.1, -0.05) is 23.7 Å². The molecule has 0 aliphatic heterocycles. The van der Waals surface area contributed by atoms with E-state index in [0.717, 1.165) is 11.4 Å². The highest BCUT2D eigenvalue weighted by Crippen LogP contribution is 2.29. The molecule has 0 aliphatic carbocycles. The zero-order chi connectivity index (χ0) is 15.2. The molecule has 21 heavy (non-hydrogen) atoms. The van der Waals surface area contributed by atoms with E-state index in [9.17, 15) is 0 Å². The van der Waals surface area contributed by atoms with Gasteiger partial charge in [-0.3, -0.25) is 0 Å². The maximum Gasteiger partial charge on any atom is 0.138 e. The van der Waals surface area contributed by atoms with Gasteiger partial charge in [-0.2, -0.15) is 0 Å².